The molecule has 2 N–H and O–H groups in total. The number of aromatic hydroxyl groups is 1. The summed E-state index contributed by atoms with van der Waals surface area (Å²) in [7, 11) is 1.62. The Bertz CT molecular complexity index is 959. The number of phenolic OH excluding ortho intramolecular Hbond substituents is 1. The van der Waals surface area contributed by atoms with E-state index in [1.54, 1.807) is 31.6 Å². The van der Waals surface area contributed by atoms with Gasteiger partial charge in [-0.25, -0.2) is 4.98 Å². The van der Waals surface area contributed by atoms with E-state index in [9.17, 15) is 5.11 Å². The molecule has 2 aromatic carbocycles. The molecular weight excluding hydrogens is 278 g/mol. The first-order valence-corrected chi connectivity index (χ1v) is 6.85. The molecule has 0 saturated carbocycles. The monoisotopic (exact) mass is 291 g/mol. The quantitative estimate of drug-likeness (QED) is 0.593. The molecule has 0 aliphatic rings. The van der Waals surface area contributed by atoms with E-state index >= 15 is 0 Å². The van der Waals surface area contributed by atoms with Crippen molar-refractivity contribution in [2.24, 2.45) is 0 Å². The molecule has 0 spiro atoms. The molecule has 2 heterocycles. The largest absolute Gasteiger partial charge is 0.508 e. The standard InChI is InChI=1S/C17H13N3O2/c1-22-16-7-11(6-10-2-3-12(21)8-13(10)16)17-19-14-4-5-18-9-15(14)20-17/h2-9,21H,1H3,(H,19,20). The van der Waals surface area contributed by atoms with Crippen LogP contribution in [-0.2, 0) is 0 Å². The number of benzene rings is 2. The highest BCUT2D eigenvalue weighted by Gasteiger charge is 2.10. The van der Waals surface area contributed by atoms with Gasteiger partial charge in [0.15, 0.2) is 0 Å². The van der Waals surface area contributed by atoms with E-state index < -0.39 is 0 Å². The lowest BCUT2D eigenvalue weighted by Crippen LogP contribution is -1.88. The van der Waals surface area contributed by atoms with E-state index in [4.69, 9.17) is 4.74 Å². The molecule has 0 aliphatic heterocycles. The fourth-order valence-corrected chi connectivity index (χ4v) is 2.61. The molecule has 5 heteroatoms. The van der Waals surface area contributed by atoms with Gasteiger partial charge in [0.1, 0.15) is 17.3 Å². The molecule has 2 aromatic heterocycles. The average Bonchev–Trinajstić information content (AvgIpc) is 2.98. The number of fused-ring (bicyclic) bond motifs is 2. The van der Waals surface area contributed by atoms with Crippen LogP contribution in [0.1, 0.15) is 0 Å². The van der Waals surface area contributed by atoms with Crippen molar-refractivity contribution < 1.29 is 9.84 Å². The Kier molecular flexibility index (Phi) is 2.72. The first-order valence-electron chi connectivity index (χ1n) is 6.85. The lowest BCUT2D eigenvalue weighted by Gasteiger charge is -2.08. The number of pyridine rings is 1. The van der Waals surface area contributed by atoms with Crippen LogP contribution in [0.2, 0.25) is 0 Å². The summed E-state index contributed by atoms with van der Waals surface area (Å²) < 4.78 is 5.45. The van der Waals surface area contributed by atoms with Gasteiger partial charge in [-0.3, -0.25) is 4.98 Å². The van der Waals surface area contributed by atoms with Crippen LogP contribution in [0.3, 0.4) is 0 Å². The third-order valence-corrected chi connectivity index (χ3v) is 3.68. The topological polar surface area (TPSA) is 71.0 Å². The van der Waals surface area contributed by atoms with Crippen molar-refractivity contribution in [1.82, 2.24) is 15.0 Å². The summed E-state index contributed by atoms with van der Waals surface area (Å²) in [5, 5.41) is 11.5. The number of rotatable bonds is 2. The zero-order valence-corrected chi connectivity index (χ0v) is 11.9. The van der Waals surface area contributed by atoms with Crippen LogP contribution in [0.4, 0.5) is 0 Å². The fourth-order valence-electron chi connectivity index (χ4n) is 2.61. The number of imidazole rings is 1. The lowest BCUT2D eigenvalue weighted by atomic mass is 10.0. The zero-order valence-electron chi connectivity index (χ0n) is 11.9. The molecule has 0 bridgehead atoms. The number of methoxy groups -OCH3 is 1. The van der Waals surface area contributed by atoms with Crippen LogP contribution >= 0.6 is 0 Å². The van der Waals surface area contributed by atoms with Gasteiger partial charge in [0.25, 0.3) is 0 Å². The first-order chi connectivity index (χ1) is 10.7. The van der Waals surface area contributed by atoms with Gasteiger partial charge in [-0.15, -0.1) is 0 Å². The molecule has 108 valence electrons. The van der Waals surface area contributed by atoms with Crippen LogP contribution in [0.5, 0.6) is 11.5 Å². The summed E-state index contributed by atoms with van der Waals surface area (Å²) in [5.41, 5.74) is 2.68. The molecule has 22 heavy (non-hydrogen) atoms. The minimum absolute atomic E-state index is 0.216. The summed E-state index contributed by atoms with van der Waals surface area (Å²) in [4.78, 5) is 11.9. The van der Waals surface area contributed by atoms with Crippen molar-refractivity contribution in [2.75, 3.05) is 7.11 Å². The Morgan fingerprint density at radius 3 is 2.86 bits per heavy atom. The van der Waals surface area contributed by atoms with Crippen molar-refractivity contribution in [3.63, 3.8) is 0 Å². The third-order valence-electron chi connectivity index (χ3n) is 3.68. The van der Waals surface area contributed by atoms with Crippen molar-refractivity contribution in [2.45, 2.75) is 0 Å². The normalized spacial score (nSPS) is 11.1. The van der Waals surface area contributed by atoms with Gasteiger partial charge in [-0.05, 0) is 35.7 Å². The van der Waals surface area contributed by atoms with Gasteiger partial charge in [0.2, 0.25) is 0 Å². The molecule has 0 unspecified atom stereocenters. The summed E-state index contributed by atoms with van der Waals surface area (Å²) in [5.74, 6) is 1.67. The van der Waals surface area contributed by atoms with E-state index in [2.05, 4.69) is 15.0 Å². The molecule has 0 aliphatic carbocycles. The molecule has 0 saturated heterocycles. The van der Waals surface area contributed by atoms with Gasteiger partial charge < -0.3 is 14.8 Å². The highest BCUT2D eigenvalue weighted by molar-refractivity contribution is 5.93. The molecule has 0 radical (unpaired) electrons. The number of hydrogen-bond donors (Lipinski definition) is 2. The van der Waals surface area contributed by atoms with Crippen LogP contribution in [0, 0.1) is 0 Å². The van der Waals surface area contributed by atoms with Gasteiger partial charge in [-0.2, -0.15) is 0 Å². The second-order valence-corrected chi connectivity index (χ2v) is 5.06. The Hall–Kier alpha value is -3.08. The maximum absolute atomic E-state index is 9.65. The Balaban J connectivity index is 1.96. The third kappa shape index (κ3) is 1.95. The van der Waals surface area contributed by atoms with Crippen molar-refractivity contribution >= 4 is 21.8 Å². The number of aromatic nitrogens is 3. The predicted octanol–water partition coefficient (Wildman–Crippen LogP) is 3.49. The van der Waals surface area contributed by atoms with Gasteiger partial charge in [-0.1, -0.05) is 6.07 Å². The number of H-pyrrole nitrogens is 1. The fraction of sp³-hybridized carbons (Fsp3) is 0.0588. The van der Waals surface area contributed by atoms with Crippen LogP contribution in [0.25, 0.3) is 33.2 Å². The highest BCUT2D eigenvalue weighted by Crippen LogP contribution is 2.33. The van der Waals surface area contributed by atoms with Crippen LogP contribution in [0.15, 0.2) is 48.8 Å². The maximum atomic E-state index is 9.65. The number of ether oxygens (including phenoxy) is 1. The Morgan fingerprint density at radius 1 is 1.14 bits per heavy atom. The van der Waals surface area contributed by atoms with E-state index in [-0.39, 0.29) is 5.75 Å². The molecule has 4 rings (SSSR count). The van der Waals surface area contributed by atoms with Crippen LogP contribution in [-0.4, -0.2) is 27.2 Å². The summed E-state index contributed by atoms with van der Waals surface area (Å²) >= 11 is 0. The second kappa shape index (κ2) is 4.73. The first kappa shape index (κ1) is 12.6. The highest BCUT2D eigenvalue weighted by atomic mass is 16.5. The molecular formula is C17H13N3O2. The number of phenols is 1. The van der Waals surface area contributed by atoms with E-state index in [0.717, 1.165) is 33.2 Å². The minimum atomic E-state index is 0.216. The van der Waals surface area contributed by atoms with Crippen molar-refractivity contribution in [1.29, 1.82) is 0 Å². The zero-order chi connectivity index (χ0) is 15.1. The summed E-state index contributed by atoms with van der Waals surface area (Å²) in [6, 6.07) is 11.0. The van der Waals surface area contributed by atoms with Crippen LogP contribution < -0.4 is 4.74 Å². The Labute approximate surface area is 126 Å². The molecule has 0 fully saturated rings. The molecule has 5 nitrogen and oxygen atoms in total. The van der Waals surface area contributed by atoms with Crippen molar-refractivity contribution in [3.8, 4) is 22.9 Å². The Morgan fingerprint density at radius 2 is 2.05 bits per heavy atom. The summed E-state index contributed by atoms with van der Waals surface area (Å²) in [6.07, 6.45) is 3.47. The van der Waals surface area contributed by atoms with E-state index in [1.807, 2.05) is 24.3 Å². The molecule has 0 atom stereocenters. The minimum Gasteiger partial charge on any atom is -0.508 e. The van der Waals surface area contributed by atoms with Gasteiger partial charge in [0, 0.05) is 17.1 Å². The number of aromatic amines is 1. The lowest BCUT2D eigenvalue weighted by molar-refractivity contribution is 0.419. The second-order valence-electron chi connectivity index (χ2n) is 5.06. The number of nitrogens with one attached hydrogen (secondary N) is 1. The van der Waals surface area contributed by atoms with E-state index in [0.29, 0.717) is 5.75 Å². The maximum Gasteiger partial charge on any atom is 0.138 e. The smallest absolute Gasteiger partial charge is 0.138 e. The van der Waals surface area contributed by atoms with E-state index in [1.165, 1.54) is 0 Å². The average molecular weight is 291 g/mol. The van der Waals surface area contributed by atoms with Crippen molar-refractivity contribution in [3.05, 3.63) is 48.8 Å². The SMILES string of the molecule is COc1cc(-c2nc3ccncc3[nH]2)cc2ccc(O)cc12. The number of hydrogen-bond acceptors (Lipinski definition) is 4. The molecule has 4 aromatic rings. The number of nitrogens with zero attached hydrogens (tertiary/aromatic N) is 2. The molecule has 0 amide bonds. The predicted molar refractivity (Wildman–Crippen MR) is 85.0 cm³/mol. The van der Waals surface area contributed by atoms with Gasteiger partial charge in [0.05, 0.1) is 24.3 Å². The summed E-state index contributed by atoms with van der Waals surface area (Å²) in [6.45, 7) is 0. The van der Waals surface area contributed by atoms with Gasteiger partial charge >= 0.3 is 0 Å².